The number of nitrogens with zero attached hydrogens (tertiary/aromatic N) is 3. The summed E-state index contributed by atoms with van der Waals surface area (Å²) in [4.78, 5) is 27.2. The van der Waals surface area contributed by atoms with E-state index in [0.29, 0.717) is 19.1 Å². The molecule has 0 amide bonds. The van der Waals surface area contributed by atoms with Crippen molar-refractivity contribution in [1.82, 2.24) is 19.4 Å². The fraction of sp³-hybridized carbons (Fsp3) is 0.360. The molecular weight excluding hydrogens is 426 g/mol. The van der Waals surface area contributed by atoms with Gasteiger partial charge in [-0.05, 0) is 56.3 Å². The van der Waals surface area contributed by atoms with Crippen molar-refractivity contribution in [3.8, 4) is 0 Å². The first kappa shape index (κ1) is 21.7. The lowest BCUT2D eigenvalue weighted by Crippen LogP contribution is -2.44. The van der Waals surface area contributed by atoms with Crippen molar-refractivity contribution in [2.24, 2.45) is 0 Å². The van der Waals surface area contributed by atoms with Crippen LogP contribution < -0.4 is 16.4 Å². The molecule has 5 rings (SSSR count). The van der Waals surface area contributed by atoms with Crippen LogP contribution in [0.1, 0.15) is 24.4 Å². The fourth-order valence-corrected chi connectivity index (χ4v) is 4.97. The summed E-state index contributed by atoms with van der Waals surface area (Å²) in [5.41, 5.74) is 0.826. The number of hydrogen-bond acceptors (Lipinski definition) is 4. The van der Waals surface area contributed by atoms with Crippen molar-refractivity contribution in [1.29, 1.82) is 0 Å². The zero-order valence-corrected chi connectivity index (χ0v) is 18.2. The van der Waals surface area contributed by atoms with Crippen LogP contribution in [0.4, 0.5) is 8.78 Å². The van der Waals surface area contributed by atoms with E-state index in [4.69, 9.17) is 0 Å². The summed E-state index contributed by atoms with van der Waals surface area (Å²) in [6.45, 7) is 3.62. The quantitative estimate of drug-likeness (QED) is 0.625. The topological polar surface area (TPSA) is 59.3 Å². The van der Waals surface area contributed by atoms with Gasteiger partial charge in [-0.15, -0.1) is 0 Å². The minimum atomic E-state index is -0.454. The normalized spacial score (nSPS) is 19.2. The molecule has 172 valence electrons. The van der Waals surface area contributed by atoms with Gasteiger partial charge in [0, 0.05) is 48.8 Å². The highest BCUT2D eigenvalue weighted by molar-refractivity contribution is 5.76. The Balaban J connectivity index is 1.15. The molecule has 0 radical (unpaired) electrons. The largest absolute Gasteiger partial charge is 0.310 e. The number of likely N-dealkylation sites (tertiary alicyclic amines) is 1. The number of piperidine rings is 1. The van der Waals surface area contributed by atoms with Gasteiger partial charge in [0.1, 0.15) is 17.3 Å². The molecule has 33 heavy (non-hydrogen) atoms. The molecule has 0 aliphatic carbocycles. The van der Waals surface area contributed by atoms with Crippen molar-refractivity contribution in [2.45, 2.75) is 31.5 Å². The van der Waals surface area contributed by atoms with Gasteiger partial charge in [-0.1, -0.05) is 12.2 Å². The molecule has 1 fully saturated rings. The highest BCUT2D eigenvalue weighted by atomic mass is 19.1. The van der Waals surface area contributed by atoms with Crippen LogP contribution in [0, 0.1) is 11.6 Å². The second-order valence-electron chi connectivity index (χ2n) is 8.81. The standard InChI is InChI=1S/C25H26F2N4O2/c26-19-5-6-22(27)18(14-19)2-1-11-28-20-9-12-29(13-10-20)15-21-16-30-23(32)7-3-17-4-8-24(33)31(21)25(17)30/h1-8,14,20-21,28H,9-13,15-16H2/t21-/m1/s1. The minimum Gasteiger partial charge on any atom is -0.310 e. The summed E-state index contributed by atoms with van der Waals surface area (Å²) in [5, 5.41) is 4.36. The number of hydrogen-bond donors (Lipinski definition) is 1. The van der Waals surface area contributed by atoms with Crippen molar-refractivity contribution in [3.63, 3.8) is 0 Å². The molecule has 2 aliphatic heterocycles. The highest BCUT2D eigenvalue weighted by Crippen LogP contribution is 2.25. The van der Waals surface area contributed by atoms with Crippen molar-refractivity contribution in [2.75, 3.05) is 26.2 Å². The van der Waals surface area contributed by atoms with Gasteiger partial charge in [-0.25, -0.2) is 8.78 Å². The van der Waals surface area contributed by atoms with Crippen LogP contribution in [0.5, 0.6) is 0 Å². The van der Waals surface area contributed by atoms with Crippen LogP contribution in [0.25, 0.3) is 17.1 Å². The summed E-state index contributed by atoms with van der Waals surface area (Å²) < 4.78 is 30.4. The molecule has 2 aromatic heterocycles. The lowest BCUT2D eigenvalue weighted by Gasteiger charge is -2.34. The molecule has 4 heterocycles. The predicted octanol–water partition coefficient (Wildman–Crippen LogP) is 2.76. The van der Waals surface area contributed by atoms with E-state index in [1.807, 2.05) is 6.08 Å². The second kappa shape index (κ2) is 9.03. The Bertz CT molecular complexity index is 1320. The average molecular weight is 453 g/mol. The summed E-state index contributed by atoms with van der Waals surface area (Å²) in [6.07, 6.45) is 5.32. The Hall–Kier alpha value is -3.10. The van der Waals surface area contributed by atoms with Crippen LogP contribution in [-0.4, -0.2) is 46.3 Å². The Kier molecular flexibility index (Phi) is 5.95. The highest BCUT2D eigenvalue weighted by Gasteiger charge is 2.29. The van der Waals surface area contributed by atoms with E-state index < -0.39 is 11.6 Å². The van der Waals surface area contributed by atoms with Crippen LogP contribution in [0.15, 0.2) is 58.1 Å². The van der Waals surface area contributed by atoms with Crippen LogP contribution >= 0.6 is 0 Å². The Morgan fingerprint density at radius 2 is 1.76 bits per heavy atom. The number of benzene rings is 1. The molecule has 1 atom stereocenters. The first-order valence-electron chi connectivity index (χ1n) is 11.3. The lowest BCUT2D eigenvalue weighted by atomic mass is 10.0. The summed E-state index contributed by atoms with van der Waals surface area (Å²) in [5.74, 6) is -0.891. The molecule has 0 saturated carbocycles. The Labute approximate surface area is 189 Å². The molecular formula is C25H26F2N4O2. The van der Waals surface area contributed by atoms with E-state index >= 15 is 0 Å². The maximum Gasteiger partial charge on any atom is 0.252 e. The maximum absolute atomic E-state index is 13.7. The van der Waals surface area contributed by atoms with Gasteiger partial charge in [0.25, 0.3) is 11.1 Å². The molecule has 1 N–H and O–H groups in total. The van der Waals surface area contributed by atoms with Gasteiger partial charge in [0.15, 0.2) is 0 Å². The molecule has 8 heteroatoms. The lowest BCUT2D eigenvalue weighted by molar-refractivity contribution is 0.173. The van der Waals surface area contributed by atoms with Gasteiger partial charge in [-0.2, -0.15) is 0 Å². The van der Waals surface area contributed by atoms with Crippen LogP contribution in [-0.2, 0) is 6.54 Å². The van der Waals surface area contributed by atoms with E-state index in [0.717, 1.165) is 55.6 Å². The van der Waals surface area contributed by atoms with Crippen LogP contribution in [0.2, 0.25) is 0 Å². The third-order valence-electron chi connectivity index (χ3n) is 6.65. The molecule has 1 aromatic carbocycles. The summed E-state index contributed by atoms with van der Waals surface area (Å²) in [6, 6.07) is 10.4. The Morgan fingerprint density at radius 1 is 1.00 bits per heavy atom. The number of nitrogens with one attached hydrogen (secondary N) is 1. The summed E-state index contributed by atoms with van der Waals surface area (Å²) in [7, 11) is 0. The number of aromatic nitrogens is 2. The van der Waals surface area contributed by atoms with Crippen molar-refractivity contribution < 1.29 is 8.78 Å². The van der Waals surface area contributed by atoms with Gasteiger partial charge in [0.2, 0.25) is 0 Å². The van der Waals surface area contributed by atoms with Gasteiger partial charge < -0.3 is 10.2 Å². The molecule has 3 aromatic rings. The minimum absolute atomic E-state index is 0.0510. The van der Waals surface area contributed by atoms with Gasteiger partial charge in [0.05, 0.1) is 6.04 Å². The molecule has 0 unspecified atom stereocenters. The number of rotatable bonds is 6. The van der Waals surface area contributed by atoms with E-state index in [1.165, 1.54) is 6.07 Å². The van der Waals surface area contributed by atoms with Gasteiger partial charge in [-0.3, -0.25) is 18.7 Å². The summed E-state index contributed by atoms with van der Waals surface area (Å²) >= 11 is 0. The number of pyridine rings is 2. The SMILES string of the molecule is O=c1ccc2ccc(=O)n3c2n1C[C@H]3CN1CCC(NCC=Cc2cc(F)ccc2F)CC1. The molecule has 2 aliphatic rings. The van der Waals surface area contributed by atoms with Crippen LogP contribution in [0.3, 0.4) is 0 Å². The number of halogens is 2. The maximum atomic E-state index is 13.7. The zero-order valence-electron chi connectivity index (χ0n) is 18.2. The van der Waals surface area contributed by atoms with Gasteiger partial charge >= 0.3 is 0 Å². The third-order valence-corrected chi connectivity index (χ3v) is 6.65. The predicted molar refractivity (Wildman–Crippen MR) is 124 cm³/mol. The van der Waals surface area contributed by atoms with E-state index in [2.05, 4.69) is 10.2 Å². The zero-order chi connectivity index (χ0) is 22.9. The van der Waals surface area contributed by atoms with E-state index in [1.54, 1.807) is 39.5 Å². The second-order valence-corrected chi connectivity index (χ2v) is 8.81. The molecule has 6 nitrogen and oxygen atoms in total. The smallest absolute Gasteiger partial charge is 0.252 e. The van der Waals surface area contributed by atoms with Crippen molar-refractivity contribution >= 4 is 17.1 Å². The molecule has 0 spiro atoms. The molecule has 1 saturated heterocycles. The average Bonchev–Trinajstić information content (AvgIpc) is 3.20. The van der Waals surface area contributed by atoms with Crippen molar-refractivity contribution in [3.05, 3.63) is 86.4 Å². The first-order chi connectivity index (χ1) is 16.0. The third kappa shape index (κ3) is 4.41. The monoisotopic (exact) mass is 452 g/mol. The fourth-order valence-electron chi connectivity index (χ4n) is 4.97. The van der Waals surface area contributed by atoms with E-state index in [-0.39, 0.29) is 22.7 Å². The molecule has 0 bridgehead atoms. The van der Waals surface area contributed by atoms with E-state index in [9.17, 15) is 18.4 Å². The first-order valence-corrected chi connectivity index (χ1v) is 11.3. The Morgan fingerprint density at radius 3 is 2.55 bits per heavy atom.